The fourth-order valence-corrected chi connectivity index (χ4v) is 3.52. The summed E-state index contributed by atoms with van der Waals surface area (Å²) < 4.78 is 10.8. The monoisotopic (exact) mass is 409 g/mol. The van der Waals surface area contributed by atoms with E-state index in [0.29, 0.717) is 12.1 Å². The molecule has 0 unspecified atom stereocenters. The minimum Gasteiger partial charge on any atom is -0.490 e. The lowest BCUT2D eigenvalue weighted by atomic mass is 10.1. The molecule has 6 nitrogen and oxygen atoms in total. The summed E-state index contributed by atoms with van der Waals surface area (Å²) in [5, 5.41) is 3.41. The predicted molar refractivity (Wildman–Crippen MR) is 119 cm³/mol. The van der Waals surface area contributed by atoms with Gasteiger partial charge in [0.25, 0.3) is 0 Å². The molecule has 1 aliphatic rings. The number of aliphatic imine (C=N–C) groups is 1. The van der Waals surface area contributed by atoms with Crippen LogP contribution in [0.3, 0.4) is 0 Å². The van der Waals surface area contributed by atoms with Crippen molar-refractivity contribution in [2.45, 2.75) is 32.3 Å². The molecule has 6 heteroatoms. The first kappa shape index (κ1) is 21.7. The van der Waals surface area contributed by atoms with Gasteiger partial charge in [0, 0.05) is 39.0 Å². The summed E-state index contributed by atoms with van der Waals surface area (Å²) in [6, 6.07) is 17.5. The molecule has 0 radical (unpaired) electrons. The number of guanidine groups is 1. The Labute approximate surface area is 178 Å². The third kappa shape index (κ3) is 6.24. The SMILES string of the molecule is CCNC(=NCCc1ccc(C(=O)OC)cc1)N1CCC(Oc2ccccc2)CC1. The first-order valence-corrected chi connectivity index (χ1v) is 10.6. The molecule has 0 aromatic heterocycles. The van der Waals surface area contributed by atoms with Crippen molar-refractivity contribution in [1.82, 2.24) is 10.2 Å². The zero-order valence-corrected chi connectivity index (χ0v) is 17.8. The van der Waals surface area contributed by atoms with Crippen molar-refractivity contribution in [3.8, 4) is 5.75 Å². The Morgan fingerprint density at radius 3 is 2.43 bits per heavy atom. The summed E-state index contributed by atoms with van der Waals surface area (Å²) >= 11 is 0. The van der Waals surface area contributed by atoms with E-state index < -0.39 is 0 Å². The van der Waals surface area contributed by atoms with Crippen LogP contribution in [-0.4, -0.2) is 56.2 Å². The van der Waals surface area contributed by atoms with Crippen LogP contribution in [0.15, 0.2) is 59.6 Å². The molecule has 0 atom stereocenters. The summed E-state index contributed by atoms with van der Waals surface area (Å²) in [5.74, 6) is 1.59. The highest BCUT2D eigenvalue weighted by Gasteiger charge is 2.22. The number of methoxy groups -OCH3 is 1. The van der Waals surface area contributed by atoms with E-state index in [4.69, 9.17) is 14.5 Å². The average molecular weight is 410 g/mol. The van der Waals surface area contributed by atoms with Gasteiger partial charge in [-0.1, -0.05) is 30.3 Å². The van der Waals surface area contributed by atoms with Crippen molar-refractivity contribution in [3.05, 3.63) is 65.7 Å². The predicted octanol–water partition coefficient (Wildman–Crippen LogP) is 3.52. The first-order chi connectivity index (χ1) is 14.7. The molecule has 0 bridgehead atoms. The van der Waals surface area contributed by atoms with E-state index in [2.05, 4.69) is 17.1 Å². The van der Waals surface area contributed by atoms with Gasteiger partial charge >= 0.3 is 5.97 Å². The maximum Gasteiger partial charge on any atom is 0.337 e. The van der Waals surface area contributed by atoms with Crippen LogP contribution in [0.5, 0.6) is 5.75 Å². The molecule has 1 fully saturated rings. The second kappa shape index (κ2) is 11.2. The Balaban J connectivity index is 1.50. The van der Waals surface area contributed by atoms with E-state index >= 15 is 0 Å². The zero-order valence-electron chi connectivity index (χ0n) is 17.8. The van der Waals surface area contributed by atoms with Crippen LogP contribution in [-0.2, 0) is 11.2 Å². The van der Waals surface area contributed by atoms with Crippen molar-refractivity contribution in [2.24, 2.45) is 4.99 Å². The molecule has 0 amide bonds. The van der Waals surface area contributed by atoms with Crippen LogP contribution in [0.25, 0.3) is 0 Å². The summed E-state index contributed by atoms with van der Waals surface area (Å²) in [7, 11) is 1.39. The fourth-order valence-electron chi connectivity index (χ4n) is 3.52. The van der Waals surface area contributed by atoms with Crippen molar-refractivity contribution in [1.29, 1.82) is 0 Å². The Morgan fingerprint density at radius 2 is 1.80 bits per heavy atom. The number of esters is 1. The molecule has 2 aromatic carbocycles. The molecule has 1 heterocycles. The normalized spacial score (nSPS) is 15.0. The van der Waals surface area contributed by atoms with Gasteiger partial charge in [0.2, 0.25) is 0 Å². The van der Waals surface area contributed by atoms with Crippen molar-refractivity contribution in [2.75, 3.05) is 33.3 Å². The van der Waals surface area contributed by atoms with Gasteiger partial charge in [-0.2, -0.15) is 0 Å². The van der Waals surface area contributed by atoms with Gasteiger partial charge in [0.05, 0.1) is 12.7 Å². The van der Waals surface area contributed by atoms with Gasteiger partial charge in [0.1, 0.15) is 11.9 Å². The molecule has 30 heavy (non-hydrogen) atoms. The quantitative estimate of drug-likeness (QED) is 0.431. The Kier molecular flexibility index (Phi) is 8.12. The molecule has 1 N–H and O–H groups in total. The van der Waals surface area contributed by atoms with E-state index in [9.17, 15) is 4.79 Å². The molecule has 2 aromatic rings. The lowest BCUT2D eigenvalue weighted by Crippen LogP contribution is -2.47. The number of nitrogens with one attached hydrogen (secondary N) is 1. The second-order valence-corrected chi connectivity index (χ2v) is 7.29. The van der Waals surface area contributed by atoms with Crippen LogP contribution in [0.1, 0.15) is 35.7 Å². The number of hydrogen-bond acceptors (Lipinski definition) is 4. The topological polar surface area (TPSA) is 63.2 Å². The smallest absolute Gasteiger partial charge is 0.337 e. The summed E-state index contributed by atoms with van der Waals surface area (Å²) in [5.41, 5.74) is 1.72. The molecular formula is C24H31N3O3. The van der Waals surface area contributed by atoms with E-state index in [1.54, 1.807) is 12.1 Å². The van der Waals surface area contributed by atoms with Gasteiger partial charge in [-0.3, -0.25) is 4.99 Å². The first-order valence-electron chi connectivity index (χ1n) is 10.6. The molecule has 0 spiro atoms. The Morgan fingerprint density at radius 1 is 1.10 bits per heavy atom. The summed E-state index contributed by atoms with van der Waals surface area (Å²) in [4.78, 5) is 18.7. The Hall–Kier alpha value is -3.02. The van der Waals surface area contributed by atoms with Crippen LogP contribution >= 0.6 is 0 Å². The zero-order chi connectivity index (χ0) is 21.2. The molecular weight excluding hydrogens is 378 g/mol. The molecule has 0 aliphatic carbocycles. The molecule has 1 saturated heterocycles. The van der Waals surface area contributed by atoms with Crippen molar-refractivity contribution in [3.63, 3.8) is 0 Å². The standard InChI is InChI=1S/C24H31N3O3/c1-3-25-24(26-16-13-19-9-11-20(12-10-19)23(28)29-2)27-17-14-22(15-18-27)30-21-7-5-4-6-8-21/h4-12,22H,3,13-18H2,1-2H3,(H,25,26). The minimum absolute atomic E-state index is 0.250. The molecule has 0 saturated carbocycles. The summed E-state index contributed by atoms with van der Waals surface area (Å²) in [6.45, 7) is 5.48. The molecule has 160 valence electrons. The number of likely N-dealkylation sites (tertiary alicyclic amines) is 1. The van der Waals surface area contributed by atoms with E-state index in [0.717, 1.165) is 56.2 Å². The third-order valence-corrected chi connectivity index (χ3v) is 5.16. The average Bonchev–Trinajstić information content (AvgIpc) is 2.80. The van der Waals surface area contributed by atoms with Gasteiger partial charge in [-0.05, 0) is 43.2 Å². The third-order valence-electron chi connectivity index (χ3n) is 5.16. The van der Waals surface area contributed by atoms with Crippen molar-refractivity contribution < 1.29 is 14.3 Å². The Bertz CT molecular complexity index is 813. The highest BCUT2D eigenvalue weighted by atomic mass is 16.5. The second-order valence-electron chi connectivity index (χ2n) is 7.29. The maximum absolute atomic E-state index is 11.5. The van der Waals surface area contributed by atoms with E-state index in [1.165, 1.54) is 7.11 Å². The highest BCUT2D eigenvalue weighted by Crippen LogP contribution is 2.18. The maximum atomic E-state index is 11.5. The fraction of sp³-hybridized carbons (Fsp3) is 0.417. The van der Waals surface area contributed by atoms with Gasteiger partial charge in [-0.15, -0.1) is 0 Å². The lowest BCUT2D eigenvalue weighted by molar-refractivity contribution is 0.0600. The number of carbonyl (C=O) groups is 1. The largest absolute Gasteiger partial charge is 0.490 e. The molecule has 3 rings (SSSR count). The number of para-hydroxylation sites is 1. The van der Waals surface area contributed by atoms with Gasteiger partial charge < -0.3 is 19.7 Å². The van der Waals surface area contributed by atoms with Crippen LogP contribution < -0.4 is 10.1 Å². The summed E-state index contributed by atoms with van der Waals surface area (Å²) in [6.07, 6.45) is 3.03. The number of nitrogens with zero attached hydrogens (tertiary/aromatic N) is 2. The van der Waals surface area contributed by atoms with Crippen LogP contribution in [0, 0.1) is 0 Å². The van der Waals surface area contributed by atoms with Gasteiger partial charge in [-0.25, -0.2) is 4.79 Å². The van der Waals surface area contributed by atoms with Crippen molar-refractivity contribution >= 4 is 11.9 Å². The number of hydrogen-bond donors (Lipinski definition) is 1. The highest BCUT2D eigenvalue weighted by molar-refractivity contribution is 5.89. The van der Waals surface area contributed by atoms with Gasteiger partial charge in [0.15, 0.2) is 5.96 Å². The number of benzene rings is 2. The minimum atomic E-state index is -0.311. The number of carbonyl (C=O) groups excluding carboxylic acids is 1. The van der Waals surface area contributed by atoms with Crippen LogP contribution in [0.4, 0.5) is 0 Å². The van der Waals surface area contributed by atoms with E-state index in [1.807, 2.05) is 42.5 Å². The number of piperidine rings is 1. The lowest BCUT2D eigenvalue weighted by Gasteiger charge is -2.34. The molecule has 1 aliphatic heterocycles. The van der Waals surface area contributed by atoms with E-state index in [-0.39, 0.29) is 12.1 Å². The number of ether oxygens (including phenoxy) is 2. The van der Waals surface area contributed by atoms with Crippen LogP contribution in [0.2, 0.25) is 0 Å². The number of rotatable bonds is 7.